The summed E-state index contributed by atoms with van der Waals surface area (Å²) in [6, 6.07) is 0. The lowest BCUT2D eigenvalue weighted by Crippen LogP contribution is -2.28. The molecule has 2 unspecified atom stereocenters. The lowest BCUT2D eigenvalue weighted by Gasteiger charge is -2.20. The number of rotatable bonds is 59. The van der Waals surface area contributed by atoms with Crippen LogP contribution >= 0.6 is 7.82 Å². The lowest BCUT2D eigenvalue weighted by atomic mass is 10.0. The van der Waals surface area contributed by atoms with E-state index in [1.54, 1.807) is 0 Å². The molecule has 0 radical (unpaired) electrons. The van der Waals surface area contributed by atoms with Gasteiger partial charge in [0, 0.05) is 19.6 Å². The van der Waals surface area contributed by atoms with Gasteiger partial charge in [0.25, 0.3) is 0 Å². The molecule has 0 aromatic carbocycles. The smallest absolute Gasteiger partial charge is 0.457 e. The van der Waals surface area contributed by atoms with Crippen molar-refractivity contribution in [3.8, 4) is 0 Å². The second-order valence-corrected chi connectivity index (χ2v) is 22.0. The van der Waals surface area contributed by atoms with Gasteiger partial charge in [-0.25, -0.2) is 4.57 Å². The van der Waals surface area contributed by atoms with E-state index in [-0.39, 0.29) is 32.3 Å². The van der Waals surface area contributed by atoms with Crippen LogP contribution in [-0.2, 0) is 27.9 Å². The summed E-state index contributed by atoms with van der Waals surface area (Å²) >= 11 is 0. The van der Waals surface area contributed by atoms with E-state index in [0.717, 1.165) is 38.5 Å². The molecule has 0 aliphatic heterocycles. The molecular weight excluding hydrogens is 890 g/mol. The highest BCUT2D eigenvalue weighted by atomic mass is 31.2. The second kappa shape index (κ2) is 58.6. The summed E-state index contributed by atoms with van der Waals surface area (Å²) < 4.78 is 33.7. The van der Waals surface area contributed by atoms with Crippen molar-refractivity contribution in [2.45, 2.75) is 315 Å². The fourth-order valence-corrected chi connectivity index (χ4v) is 9.79. The molecule has 0 aliphatic carbocycles. The van der Waals surface area contributed by atoms with E-state index in [2.05, 4.69) is 50.3 Å². The SMILES string of the molecule is CCCCCCC/C=C\C/C=C\CCCCCCCCCCCCCCCC(=O)OC(COCCCCCCCCCCCCCCCC/C=C\CCCCCCCCCC)COP(=O)(O)OCCN. The topological polar surface area (TPSA) is 117 Å². The first-order chi connectivity index (χ1) is 34.4. The number of phosphoric acid groups is 1. The van der Waals surface area contributed by atoms with Crippen LogP contribution in [0.3, 0.4) is 0 Å². The predicted molar refractivity (Wildman–Crippen MR) is 303 cm³/mol. The van der Waals surface area contributed by atoms with Crippen LogP contribution in [0.2, 0.25) is 0 Å². The number of phosphoric ester groups is 1. The Labute approximate surface area is 435 Å². The zero-order valence-electron chi connectivity index (χ0n) is 46.5. The molecule has 0 amide bonds. The standard InChI is InChI=1S/C61H118NO7P/c1-3-5-7-9-11-13-15-17-19-21-23-25-27-29-31-33-35-37-39-41-43-45-47-49-51-53-56-66-58-60(59-68-70(64,65)67-57-55-62)69-61(63)54-52-50-48-46-44-42-40-38-36-34-32-30-28-26-24-22-20-18-16-14-12-10-8-6-4-2/h16,18,21-24,60H,3-15,17,19-20,25-59,62H2,1-2H3,(H,64,65)/b18-16-,23-21-,24-22-. The summed E-state index contributed by atoms with van der Waals surface area (Å²) in [6.07, 6.45) is 72.1. The maximum Gasteiger partial charge on any atom is 0.472 e. The zero-order chi connectivity index (χ0) is 50.8. The number of ether oxygens (including phenoxy) is 2. The van der Waals surface area contributed by atoms with Crippen LogP contribution in [0, 0.1) is 0 Å². The largest absolute Gasteiger partial charge is 0.472 e. The minimum Gasteiger partial charge on any atom is -0.457 e. The first kappa shape index (κ1) is 68.7. The summed E-state index contributed by atoms with van der Waals surface area (Å²) in [7, 11) is -4.29. The zero-order valence-corrected chi connectivity index (χ0v) is 47.4. The molecule has 0 aromatic rings. The molecule has 0 rings (SSSR count). The van der Waals surface area contributed by atoms with Crippen molar-refractivity contribution in [3.05, 3.63) is 36.5 Å². The Kier molecular flexibility index (Phi) is 57.5. The fourth-order valence-electron chi connectivity index (χ4n) is 9.03. The molecule has 8 nitrogen and oxygen atoms in total. The molecule has 0 saturated carbocycles. The quantitative estimate of drug-likeness (QED) is 0.0268. The van der Waals surface area contributed by atoms with E-state index in [0.29, 0.717) is 13.0 Å². The molecule has 0 saturated heterocycles. The highest BCUT2D eigenvalue weighted by Crippen LogP contribution is 2.43. The van der Waals surface area contributed by atoms with Gasteiger partial charge in [0.2, 0.25) is 0 Å². The molecule has 0 spiro atoms. The number of esters is 1. The van der Waals surface area contributed by atoms with Gasteiger partial charge in [-0.1, -0.05) is 269 Å². The first-order valence-electron chi connectivity index (χ1n) is 30.5. The van der Waals surface area contributed by atoms with Crippen LogP contribution in [0.5, 0.6) is 0 Å². The summed E-state index contributed by atoms with van der Waals surface area (Å²) in [4.78, 5) is 22.7. The predicted octanol–water partition coefficient (Wildman–Crippen LogP) is 19.7. The van der Waals surface area contributed by atoms with Gasteiger partial charge >= 0.3 is 13.8 Å². The van der Waals surface area contributed by atoms with Crippen molar-refractivity contribution < 1.29 is 32.8 Å². The summed E-state index contributed by atoms with van der Waals surface area (Å²) in [5.41, 5.74) is 5.41. The van der Waals surface area contributed by atoms with Gasteiger partial charge in [-0.15, -0.1) is 0 Å². The van der Waals surface area contributed by atoms with Crippen LogP contribution in [-0.4, -0.2) is 49.9 Å². The molecule has 0 aliphatic rings. The molecule has 414 valence electrons. The van der Waals surface area contributed by atoms with Gasteiger partial charge in [0.15, 0.2) is 0 Å². The number of hydrogen-bond acceptors (Lipinski definition) is 7. The Morgan fingerprint density at radius 3 is 1.13 bits per heavy atom. The van der Waals surface area contributed by atoms with Crippen LogP contribution in [0.15, 0.2) is 36.5 Å². The molecule has 9 heteroatoms. The van der Waals surface area contributed by atoms with Crippen molar-refractivity contribution >= 4 is 13.8 Å². The normalized spacial score (nSPS) is 13.4. The first-order valence-corrected chi connectivity index (χ1v) is 32.0. The summed E-state index contributed by atoms with van der Waals surface area (Å²) in [5, 5.41) is 0. The fraction of sp³-hybridized carbons (Fsp3) is 0.885. The van der Waals surface area contributed by atoms with Crippen molar-refractivity contribution in [1.29, 1.82) is 0 Å². The molecule has 0 heterocycles. The van der Waals surface area contributed by atoms with Gasteiger partial charge in [-0.3, -0.25) is 13.8 Å². The number of unbranched alkanes of at least 4 members (excludes halogenated alkanes) is 40. The van der Waals surface area contributed by atoms with Crippen LogP contribution in [0.1, 0.15) is 309 Å². The van der Waals surface area contributed by atoms with E-state index in [4.69, 9.17) is 24.3 Å². The molecule has 0 bridgehead atoms. The average Bonchev–Trinajstić information content (AvgIpc) is 3.35. The highest BCUT2D eigenvalue weighted by Gasteiger charge is 2.25. The Morgan fingerprint density at radius 1 is 0.429 bits per heavy atom. The van der Waals surface area contributed by atoms with Crippen molar-refractivity contribution in [2.75, 3.05) is 33.0 Å². The number of carbonyl (C=O) groups is 1. The van der Waals surface area contributed by atoms with Gasteiger partial charge in [0.05, 0.1) is 19.8 Å². The van der Waals surface area contributed by atoms with Crippen molar-refractivity contribution in [1.82, 2.24) is 0 Å². The Hall–Kier alpha value is -1.28. The Morgan fingerprint density at radius 2 is 0.757 bits per heavy atom. The number of hydrogen-bond donors (Lipinski definition) is 2. The van der Waals surface area contributed by atoms with E-state index in [1.165, 1.54) is 250 Å². The van der Waals surface area contributed by atoms with Crippen molar-refractivity contribution in [3.63, 3.8) is 0 Å². The van der Waals surface area contributed by atoms with Crippen LogP contribution in [0.25, 0.3) is 0 Å². The van der Waals surface area contributed by atoms with Gasteiger partial charge < -0.3 is 20.1 Å². The van der Waals surface area contributed by atoms with Gasteiger partial charge in [0.1, 0.15) is 6.10 Å². The highest BCUT2D eigenvalue weighted by molar-refractivity contribution is 7.47. The molecular formula is C61H118NO7P. The van der Waals surface area contributed by atoms with E-state index < -0.39 is 13.9 Å². The molecule has 2 atom stereocenters. The second-order valence-electron chi connectivity index (χ2n) is 20.6. The number of nitrogens with two attached hydrogens (primary N) is 1. The molecule has 3 N–H and O–H groups in total. The maximum absolute atomic E-state index is 12.7. The van der Waals surface area contributed by atoms with E-state index in [1.807, 2.05) is 0 Å². The average molecular weight is 1010 g/mol. The number of allylic oxidation sites excluding steroid dienone is 6. The minimum atomic E-state index is -4.29. The van der Waals surface area contributed by atoms with Gasteiger partial charge in [-0.05, 0) is 70.6 Å². The number of carbonyl (C=O) groups excluding carboxylic acids is 1. The van der Waals surface area contributed by atoms with Crippen LogP contribution in [0.4, 0.5) is 0 Å². The third-order valence-electron chi connectivity index (χ3n) is 13.5. The third kappa shape index (κ3) is 57.6. The molecule has 70 heavy (non-hydrogen) atoms. The molecule has 0 aromatic heterocycles. The maximum atomic E-state index is 12.7. The van der Waals surface area contributed by atoms with E-state index in [9.17, 15) is 14.3 Å². The monoisotopic (exact) mass is 1010 g/mol. The lowest BCUT2D eigenvalue weighted by molar-refractivity contribution is -0.154. The van der Waals surface area contributed by atoms with Crippen LogP contribution < -0.4 is 5.73 Å². The molecule has 0 fully saturated rings. The third-order valence-corrected chi connectivity index (χ3v) is 14.5. The minimum absolute atomic E-state index is 0.0939. The van der Waals surface area contributed by atoms with E-state index >= 15 is 0 Å². The van der Waals surface area contributed by atoms with Crippen molar-refractivity contribution in [2.24, 2.45) is 5.73 Å². The Balaban J connectivity index is 3.83. The summed E-state index contributed by atoms with van der Waals surface area (Å²) in [6.45, 7) is 4.98. The van der Waals surface area contributed by atoms with Gasteiger partial charge in [-0.2, -0.15) is 0 Å². The Bertz CT molecular complexity index is 1180. The summed E-state index contributed by atoms with van der Waals surface area (Å²) in [5.74, 6) is -0.325.